The maximum Gasteiger partial charge on any atom is 0.317 e. The molecule has 0 bridgehead atoms. The molecule has 1 aromatic heterocycles. The molecule has 2 atom stereocenters. The number of likely N-dealkylation sites (tertiary alicyclic amines) is 1. The Morgan fingerprint density at radius 1 is 1.42 bits per heavy atom. The summed E-state index contributed by atoms with van der Waals surface area (Å²) < 4.78 is 3.89. The van der Waals surface area contributed by atoms with Crippen molar-refractivity contribution in [3.63, 3.8) is 0 Å². The van der Waals surface area contributed by atoms with Crippen molar-refractivity contribution in [2.24, 2.45) is 5.92 Å². The number of aromatic nitrogens is 2. The lowest BCUT2D eigenvalue weighted by atomic mass is 9.85. The topological polar surface area (TPSA) is 58.1 Å². The highest BCUT2D eigenvalue weighted by Gasteiger charge is 2.38. The number of amides is 2. The van der Waals surface area contributed by atoms with E-state index in [0.717, 1.165) is 23.0 Å². The van der Waals surface area contributed by atoms with Crippen molar-refractivity contribution in [1.29, 1.82) is 0 Å². The smallest absolute Gasteiger partial charge is 0.317 e. The summed E-state index contributed by atoms with van der Waals surface area (Å²) in [7, 11) is 0. The Morgan fingerprint density at radius 3 is 3.05 bits per heavy atom. The SMILES string of the molecule is Cc1nnsc1CNC(=O)N1CCC2CCCCC21. The number of hydrogen-bond acceptors (Lipinski definition) is 4. The van der Waals surface area contributed by atoms with E-state index in [0.29, 0.717) is 12.6 Å². The van der Waals surface area contributed by atoms with Crippen LogP contribution in [0.1, 0.15) is 42.7 Å². The third-order valence-corrected chi connectivity index (χ3v) is 5.24. The minimum atomic E-state index is 0.0854. The summed E-state index contributed by atoms with van der Waals surface area (Å²) in [5, 5.41) is 6.98. The number of carbonyl (C=O) groups is 1. The number of rotatable bonds is 2. The monoisotopic (exact) mass is 280 g/mol. The number of aryl methyl sites for hydroxylation is 1. The van der Waals surface area contributed by atoms with E-state index in [2.05, 4.69) is 14.9 Å². The fourth-order valence-corrected chi connectivity index (χ4v) is 3.90. The predicted molar refractivity (Wildman–Crippen MR) is 74.0 cm³/mol. The molecule has 1 saturated carbocycles. The second-order valence-electron chi connectivity index (χ2n) is 5.53. The lowest BCUT2D eigenvalue weighted by molar-refractivity contribution is 0.169. The van der Waals surface area contributed by atoms with Crippen LogP contribution in [0.25, 0.3) is 0 Å². The number of urea groups is 1. The molecule has 6 heteroatoms. The zero-order valence-electron chi connectivity index (χ0n) is 11.3. The van der Waals surface area contributed by atoms with Crippen LogP contribution >= 0.6 is 11.5 Å². The van der Waals surface area contributed by atoms with Crippen molar-refractivity contribution in [1.82, 2.24) is 19.8 Å². The highest BCUT2D eigenvalue weighted by Crippen LogP contribution is 2.36. The van der Waals surface area contributed by atoms with E-state index in [9.17, 15) is 4.79 Å². The van der Waals surface area contributed by atoms with Crippen LogP contribution in [0.2, 0.25) is 0 Å². The highest BCUT2D eigenvalue weighted by atomic mass is 32.1. The predicted octanol–water partition coefficient (Wildman–Crippen LogP) is 2.32. The van der Waals surface area contributed by atoms with Crippen molar-refractivity contribution in [3.8, 4) is 0 Å². The van der Waals surface area contributed by atoms with Gasteiger partial charge in [0.15, 0.2) is 0 Å². The van der Waals surface area contributed by atoms with Gasteiger partial charge in [0.1, 0.15) is 0 Å². The summed E-state index contributed by atoms with van der Waals surface area (Å²) in [6, 6.07) is 0.566. The third-order valence-electron chi connectivity index (χ3n) is 4.42. The van der Waals surface area contributed by atoms with Gasteiger partial charge in [-0.25, -0.2) is 4.79 Å². The normalized spacial score (nSPS) is 26.3. The molecule has 0 spiro atoms. The van der Waals surface area contributed by atoms with Gasteiger partial charge in [-0.15, -0.1) is 5.10 Å². The molecular formula is C13H20N4OS. The van der Waals surface area contributed by atoms with E-state index >= 15 is 0 Å². The van der Waals surface area contributed by atoms with Crippen molar-refractivity contribution >= 4 is 17.6 Å². The van der Waals surface area contributed by atoms with Gasteiger partial charge in [-0.05, 0) is 43.6 Å². The average Bonchev–Trinajstić information content (AvgIpc) is 3.02. The van der Waals surface area contributed by atoms with Gasteiger partial charge in [0.2, 0.25) is 0 Å². The van der Waals surface area contributed by atoms with E-state index in [1.807, 2.05) is 11.8 Å². The van der Waals surface area contributed by atoms with Crippen molar-refractivity contribution in [2.45, 2.75) is 51.6 Å². The Bertz CT molecular complexity index is 461. The lowest BCUT2D eigenvalue weighted by Gasteiger charge is -2.31. The molecule has 1 saturated heterocycles. The fraction of sp³-hybridized carbons (Fsp3) is 0.769. The van der Waals surface area contributed by atoms with E-state index in [1.165, 1.54) is 43.6 Å². The van der Waals surface area contributed by atoms with Gasteiger partial charge in [-0.3, -0.25) is 0 Å². The van der Waals surface area contributed by atoms with Crippen LogP contribution in [-0.4, -0.2) is 33.1 Å². The van der Waals surface area contributed by atoms with Gasteiger partial charge in [0, 0.05) is 12.6 Å². The number of nitrogens with one attached hydrogen (secondary N) is 1. The first kappa shape index (κ1) is 12.8. The van der Waals surface area contributed by atoms with Crippen LogP contribution in [0.3, 0.4) is 0 Å². The van der Waals surface area contributed by atoms with Gasteiger partial charge in [0.05, 0.1) is 17.1 Å². The summed E-state index contributed by atoms with van der Waals surface area (Å²) in [6.07, 6.45) is 6.26. The Kier molecular flexibility index (Phi) is 3.68. The minimum absolute atomic E-state index is 0.0854. The molecule has 2 fully saturated rings. The number of hydrogen-bond donors (Lipinski definition) is 1. The maximum absolute atomic E-state index is 12.3. The molecule has 1 aliphatic heterocycles. The van der Waals surface area contributed by atoms with Crippen LogP contribution < -0.4 is 5.32 Å². The second-order valence-corrected chi connectivity index (χ2v) is 6.37. The van der Waals surface area contributed by atoms with Gasteiger partial charge in [0.25, 0.3) is 0 Å². The van der Waals surface area contributed by atoms with E-state index in [-0.39, 0.29) is 6.03 Å². The second kappa shape index (κ2) is 5.45. The van der Waals surface area contributed by atoms with Gasteiger partial charge >= 0.3 is 6.03 Å². The summed E-state index contributed by atoms with van der Waals surface area (Å²) in [5.74, 6) is 0.742. The van der Waals surface area contributed by atoms with Crippen LogP contribution in [0, 0.1) is 12.8 Å². The van der Waals surface area contributed by atoms with Crippen LogP contribution in [0.4, 0.5) is 4.79 Å². The number of fused-ring (bicyclic) bond motifs is 1. The summed E-state index contributed by atoms with van der Waals surface area (Å²) >= 11 is 1.36. The van der Waals surface area contributed by atoms with Crippen molar-refractivity contribution in [2.75, 3.05) is 6.54 Å². The standard InChI is InChI=1S/C13H20N4OS/c1-9-12(19-16-15-9)8-14-13(18)17-7-6-10-4-2-3-5-11(10)17/h10-11H,2-8H2,1H3,(H,14,18). The van der Waals surface area contributed by atoms with E-state index in [1.54, 1.807) is 0 Å². The van der Waals surface area contributed by atoms with Crippen LogP contribution in [-0.2, 0) is 6.54 Å². The van der Waals surface area contributed by atoms with Crippen molar-refractivity contribution < 1.29 is 4.79 Å². The molecule has 2 unspecified atom stereocenters. The average molecular weight is 280 g/mol. The molecule has 19 heavy (non-hydrogen) atoms. The van der Waals surface area contributed by atoms with Gasteiger partial charge < -0.3 is 10.2 Å². The highest BCUT2D eigenvalue weighted by molar-refractivity contribution is 7.05. The number of carbonyl (C=O) groups excluding carboxylic acids is 1. The first-order valence-electron chi connectivity index (χ1n) is 7.08. The Labute approximate surface area is 117 Å². The zero-order valence-corrected chi connectivity index (χ0v) is 12.1. The molecule has 3 rings (SSSR count). The van der Waals surface area contributed by atoms with Gasteiger partial charge in [-0.2, -0.15) is 0 Å². The molecule has 104 valence electrons. The molecule has 1 N–H and O–H groups in total. The molecule has 2 aliphatic rings. The maximum atomic E-state index is 12.3. The third kappa shape index (κ3) is 2.59. The largest absolute Gasteiger partial charge is 0.333 e. The Morgan fingerprint density at radius 2 is 2.26 bits per heavy atom. The van der Waals surface area contributed by atoms with Crippen LogP contribution in [0.5, 0.6) is 0 Å². The van der Waals surface area contributed by atoms with Gasteiger partial charge in [-0.1, -0.05) is 17.3 Å². The Balaban J connectivity index is 1.57. The summed E-state index contributed by atoms with van der Waals surface area (Å²) in [4.78, 5) is 15.4. The number of nitrogens with zero attached hydrogens (tertiary/aromatic N) is 3. The molecule has 0 radical (unpaired) electrons. The summed E-state index contributed by atoms with van der Waals surface area (Å²) in [5.41, 5.74) is 0.919. The first-order chi connectivity index (χ1) is 9.25. The fourth-order valence-electron chi connectivity index (χ4n) is 3.33. The minimum Gasteiger partial charge on any atom is -0.333 e. The molecule has 5 nitrogen and oxygen atoms in total. The van der Waals surface area contributed by atoms with E-state index < -0.39 is 0 Å². The molecule has 1 aliphatic carbocycles. The molecular weight excluding hydrogens is 260 g/mol. The lowest BCUT2D eigenvalue weighted by Crippen LogP contribution is -2.44. The molecule has 2 amide bonds. The summed E-state index contributed by atoms with van der Waals surface area (Å²) in [6.45, 7) is 3.40. The Hall–Kier alpha value is -1.17. The van der Waals surface area contributed by atoms with Crippen LogP contribution in [0.15, 0.2) is 0 Å². The van der Waals surface area contributed by atoms with Crippen molar-refractivity contribution in [3.05, 3.63) is 10.6 Å². The first-order valence-corrected chi connectivity index (χ1v) is 7.85. The van der Waals surface area contributed by atoms with E-state index in [4.69, 9.17) is 0 Å². The molecule has 1 aromatic rings. The molecule has 2 heterocycles. The molecule has 0 aromatic carbocycles. The quantitative estimate of drug-likeness (QED) is 0.904. The zero-order chi connectivity index (χ0) is 13.2.